The second-order valence-corrected chi connectivity index (χ2v) is 15.2. The lowest BCUT2D eigenvalue weighted by molar-refractivity contribution is 1.20. The number of aryl methyl sites for hydroxylation is 4. The summed E-state index contributed by atoms with van der Waals surface area (Å²) in [6.45, 7) is 14.6. The van der Waals surface area contributed by atoms with E-state index in [9.17, 15) is 0 Å². The Morgan fingerprint density at radius 2 is 1.37 bits per heavy atom. The van der Waals surface area contributed by atoms with Gasteiger partial charge in [-0.15, -0.1) is 22.7 Å². The number of hydrogen-bond acceptors (Lipinski definition) is 4. The zero-order valence-corrected chi connectivity index (χ0v) is 31.2. The van der Waals surface area contributed by atoms with Gasteiger partial charge in [0.25, 0.3) is 0 Å². The number of hydrogen-bond donors (Lipinski definition) is 0. The smallest absolute Gasteiger partial charge is 0.143 e. The first-order chi connectivity index (χ1) is 24.9. The predicted molar refractivity (Wildman–Crippen MR) is 226 cm³/mol. The molecule has 248 valence electrons. The third-order valence-electron chi connectivity index (χ3n) is 9.76. The van der Waals surface area contributed by atoms with Crippen molar-refractivity contribution in [2.24, 2.45) is 0 Å². The molecule has 0 spiro atoms. The second-order valence-electron chi connectivity index (χ2n) is 13.1. The molecule has 0 radical (unpaired) electrons. The second kappa shape index (κ2) is 13.4. The highest BCUT2D eigenvalue weighted by Gasteiger charge is 2.19. The van der Waals surface area contributed by atoms with E-state index in [-0.39, 0.29) is 0 Å². The average molecular weight is 695 g/mol. The van der Waals surface area contributed by atoms with Crippen LogP contribution in [0.25, 0.3) is 86.6 Å². The lowest BCUT2D eigenvalue weighted by Gasteiger charge is -2.15. The first-order valence-electron chi connectivity index (χ1n) is 17.3. The van der Waals surface area contributed by atoms with Gasteiger partial charge in [0.05, 0.1) is 11.4 Å². The van der Waals surface area contributed by atoms with Crippen molar-refractivity contribution in [3.05, 3.63) is 155 Å². The van der Waals surface area contributed by atoms with E-state index >= 15 is 0 Å². The average Bonchev–Trinajstić information content (AvgIpc) is 3.69. The summed E-state index contributed by atoms with van der Waals surface area (Å²) in [7, 11) is 0. The van der Waals surface area contributed by atoms with Crippen LogP contribution < -0.4 is 0 Å². The van der Waals surface area contributed by atoms with Gasteiger partial charge in [0.15, 0.2) is 0 Å². The molecule has 0 unspecified atom stereocenters. The molecule has 0 amide bonds. The van der Waals surface area contributed by atoms with Crippen LogP contribution in [-0.2, 0) is 0 Å². The minimum atomic E-state index is 0.939. The van der Waals surface area contributed by atoms with Gasteiger partial charge in [0.2, 0.25) is 0 Å². The van der Waals surface area contributed by atoms with E-state index in [2.05, 4.69) is 143 Å². The lowest BCUT2D eigenvalue weighted by atomic mass is 9.89. The highest BCUT2D eigenvalue weighted by molar-refractivity contribution is 7.26. The first kappa shape index (κ1) is 32.8. The number of aromatic nitrogens is 2. The van der Waals surface area contributed by atoms with Gasteiger partial charge in [-0.25, -0.2) is 9.97 Å². The molecule has 0 aliphatic rings. The fraction of sp³-hybridized carbons (Fsp3) is 0.106. The minimum absolute atomic E-state index is 0.939. The van der Waals surface area contributed by atoms with Gasteiger partial charge in [-0.1, -0.05) is 121 Å². The van der Waals surface area contributed by atoms with Crippen molar-refractivity contribution in [2.75, 3.05) is 0 Å². The third kappa shape index (κ3) is 5.75. The molecule has 6 aromatic carbocycles. The van der Waals surface area contributed by atoms with Crippen molar-refractivity contribution in [1.29, 1.82) is 0 Å². The molecule has 51 heavy (non-hydrogen) atoms. The summed E-state index contributed by atoms with van der Waals surface area (Å²) >= 11 is 3.59. The lowest BCUT2D eigenvalue weighted by Crippen LogP contribution is -1.93. The van der Waals surface area contributed by atoms with Gasteiger partial charge in [-0.05, 0) is 96.6 Å². The van der Waals surface area contributed by atoms with E-state index < -0.39 is 0 Å². The molecule has 0 atom stereocenters. The molecule has 0 fully saturated rings. The van der Waals surface area contributed by atoms with Crippen LogP contribution >= 0.6 is 22.7 Å². The summed E-state index contributed by atoms with van der Waals surface area (Å²) in [6.07, 6.45) is 5.99. The van der Waals surface area contributed by atoms with E-state index in [1.807, 2.05) is 37.3 Å². The maximum Gasteiger partial charge on any atom is 0.143 e. The Labute approximate surface area is 307 Å². The fourth-order valence-corrected chi connectivity index (χ4v) is 9.62. The molecule has 0 saturated heterocycles. The third-order valence-corrected chi connectivity index (χ3v) is 12.1. The molecule has 9 rings (SSSR count). The van der Waals surface area contributed by atoms with Crippen LogP contribution in [0.1, 0.15) is 39.7 Å². The van der Waals surface area contributed by atoms with Crippen molar-refractivity contribution >= 4 is 86.9 Å². The maximum absolute atomic E-state index is 4.89. The largest absolute Gasteiger partial charge is 0.243 e. The topological polar surface area (TPSA) is 25.8 Å². The molecule has 0 aliphatic heterocycles. The number of fused-ring (bicyclic) bond motifs is 7. The van der Waals surface area contributed by atoms with Gasteiger partial charge in [-0.2, -0.15) is 0 Å². The summed E-state index contributed by atoms with van der Waals surface area (Å²) in [6, 6.07) is 39.5. The minimum Gasteiger partial charge on any atom is -0.243 e. The fourth-order valence-electron chi connectivity index (χ4n) is 7.23. The molecule has 4 heteroatoms. The van der Waals surface area contributed by atoms with Crippen LogP contribution in [0.2, 0.25) is 0 Å². The molecule has 2 nitrogen and oxygen atoms in total. The number of nitrogens with zero attached hydrogens (tertiary/aromatic N) is 2. The van der Waals surface area contributed by atoms with Crippen LogP contribution in [0.15, 0.2) is 122 Å². The predicted octanol–water partition coefficient (Wildman–Crippen LogP) is 14.3. The number of rotatable bonds is 4. The van der Waals surface area contributed by atoms with Crippen molar-refractivity contribution < 1.29 is 0 Å². The van der Waals surface area contributed by atoms with Gasteiger partial charge in [0, 0.05) is 36.2 Å². The molecule has 0 bridgehead atoms. The van der Waals surface area contributed by atoms with Crippen LogP contribution in [0.4, 0.5) is 0 Å². The Balaban J connectivity index is 0.000000153. The van der Waals surface area contributed by atoms with Crippen molar-refractivity contribution in [3.8, 4) is 22.4 Å². The van der Waals surface area contributed by atoms with E-state index in [0.717, 1.165) is 37.7 Å². The quantitative estimate of drug-likeness (QED) is 0.183. The molecular weight excluding hydrogens is 657 g/mol. The molecule has 3 aromatic heterocycles. The van der Waals surface area contributed by atoms with Crippen LogP contribution in [-0.4, -0.2) is 9.97 Å². The number of benzene rings is 6. The maximum atomic E-state index is 4.89. The Morgan fingerprint density at radius 1 is 0.686 bits per heavy atom. The molecule has 9 aromatic rings. The summed E-state index contributed by atoms with van der Waals surface area (Å²) in [5.41, 5.74) is 11.7. The Hall–Kier alpha value is -5.42. The van der Waals surface area contributed by atoms with Gasteiger partial charge >= 0.3 is 0 Å². The molecule has 0 saturated carbocycles. The van der Waals surface area contributed by atoms with Crippen molar-refractivity contribution in [1.82, 2.24) is 9.97 Å². The van der Waals surface area contributed by atoms with E-state index in [1.165, 1.54) is 69.5 Å². The summed E-state index contributed by atoms with van der Waals surface area (Å²) in [4.78, 5) is 11.8. The van der Waals surface area contributed by atoms with Crippen molar-refractivity contribution in [2.45, 2.75) is 34.6 Å². The Kier molecular flexibility index (Phi) is 8.59. The van der Waals surface area contributed by atoms with E-state index in [0.29, 0.717) is 0 Å². The first-order valence-corrected chi connectivity index (χ1v) is 18.9. The Morgan fingerprint density at radius 3 is 2.10 bits per heavy atom. The molecule has 0 aliphatic carbocycles. The highest BCUT2D eigenvalue weighted by atomic mass is 32.1. The van der Waals surface area contributed by atoms with Gasteiger partial charge in [0.1, 0.15) is 10.3 Å². The summed E-state index contributed by atoms with van der Waals surface area (Å²) in [5.74, 6) is 0. The van der Waals surface area contributed by atoms with Crippen LogP contribution in [0.3, 0.4) is 0 Å². The number of allylic oxidation sites excluding steroid dienone is 1. The van der Waals surface area contributed by atoms with E-state index in [4.69, 9.17) is 9.97 Å². The standard InChI is InChI=1S/C28H20S.C19H18N2S/c1-17-9-3-6-12-21(17)26-18(2)28-27(23-14-8-7-13-22(23)26)24-15-19-10-4-5-11-20(19)16-25(24)29-28;1-5-7-16-15(6-2)18-19(22-16)20-13(4)17(21-18)14-10-8-12(3)9-11-14/h3-16H,1-2H3;5-11H,2H2,1,3-4H3/b;7-5-. The zero-order chi connectivity index (χ0) is 35.2. The summed E-state index contributed by atoms with van der Waals surface area (Å²) < 4.78 is 2.78. The molecule has 0 N–H and O–H groups in total. The van der Waals surface area contributed by atoms with Crippen LogP contribution in [0.5, 0.6) is 0 Å². The highest BCUT2D eigenvalue weighted by Crippen LogP contribution is 2.46. The molecule has 3 heterocycles. The Bertz CT molecular complexity index is 2810. The number of thiophene rings is 2. The monoisotopic (exact) mass is 694 g/mol. The van der Waals surface area contributed by atoms with E-state index in [1.54, 1.807) is 11.3 Å². The molecular formula is C47H38N2S2. The zero-order valence-electron chi connectivity index (χ0n) is 29.5. The van der Waals surface area contributed by atoms with Crippen LogP contribution in [0, 0.1) is 27.7 Å². The van der Waals surface area contributed by atoms with Crippen molar-refractivity contribution in [3.63, 3.8) is 0 Å². The van der Waals surface area contributed by atoms with Gasteiger partial charge in [-0.3, -0.25) is 0 Å². The van der Waals surface area contributed by atoms with Gasteiger partial charge < -0.3 is 0 Å². The normalized spacial score (nSPS) is 11.6. The summed E-state index contributed by atoms with van der Waals surface area (Å²) in [5, 5.41) is 8.10. The SMILES string of the molecule is C=Cc1c(/C=C\C)sc2nc(C)c(-c3ccc(C)cc3)nc12.Cc1ccccc1-c1c(C)c2sc3cc4ccccc4cc3c2c2ccccc12.